The highest BCUT2D eigenvalue weighted by atomic mass is 79.9. The second kappa shape index (κ2) is 5.63. The van der Waals surface area contributed by atoms with Crippen LogP contribution in [0.2, 0.25) is 0 Å². The van der Waals surface area contributed by atoms with E-state index < -0.39 is 6.17 Å². The number of alkyl halides is 1. The van der Waals surface area contributed by atoms with Gasteiger partial charge in [0.1, 0.15) is 12.8 Å². The molecule has 2 rings (SSSR count). The summed E-state index contributed by atoms with van der Waals surface area (Å²) in [5.74, 6) is -0.520. The summed E-state index contributed by atoms with van der Waals surface area (Å²) in [5.41, 5.74) is 0.941. The number of carbonyl (C=O) groups excluding carboxylic acids is 1. The first-order valence-electron chi connectivity index (χ1n) is 5.70. The fourth-order valence-electron chi connectivity index (χ4n) is 1.99. The van der Waals surface area contributed by atoms with Crippen LogP contribution in [-0.4, -0.2) is 12.1 Å². The summed E-state index contributed by atoms with van der Waals surface area (Å²) in [5, 5.41) is 0. The van der Waals surface area contributed by atoms with Crippen molar-refractivity contribution in [3.05, 3.63) is 34.3 Å². The maximum atomic E-state index is 12.9. The second-order valence-electron chi connectivity index (χ2n) is 4.34. The summed E-state index contributed by atoms with van der Waals surface area (Å²) in [4.78, 5) is 11.6. The van der Waals surface area contributed by atoms with Crippen LogP contribution in [-0.2, 0) is 16.1 Å². The number of carbonyl (C=O) groups is 1. The Morgan fingerprint density at radius 1 is 1.35 bits per heavy atom. The fourth-order valence-corrected chi connectivity index (χ4v) is 2.26. The van der Waals surface area contributed by atoms with E-state index >= 15 is 0 Å². The normalized spacial score (nSPS) is 23.6. The zero-order valence-electron chi connectivity index (χ0n) is 9.36. The Bertz CT molecular complexity index is 391. The molecule has 0 bridgehead atoms. The quantitative estimate of drug-likeness (QED) is 0.797. The zero-order valence-corrected chi connectivity index (χ0v) is 11.0. The van der Waals surface area contributed by atoms with Gasteiger partial charge in [0.2, 0.25) is 0 Å². The van der Waals surface area contributed by atoms with Gasteiger partial charge in [0.05, 0.1) is 5.92 Å². The van der Waals surface area contributed by atoms with Crippen LogP contribution in [0.25, 0.3) is 0 Å². The van der Waals surface area contributed by atoms with E-state index in [0.717, 1.165) is 10.0 Å². The lowest BCUT2D eigenvalue weighted by Crippen LogP contribution is -2.15. The standard InChI is InChI=1S/C13H14BrFO2/c14-11-4-1-9(2-5-11)8-17-13(16)10-3-6-12(15)7-10/h1-2,4-5,10,12H,3,6-8H2/t10-,12+/m0/s1. The van der Waals surface area contributed by atoms with Gasteiger partial charge < -0.3 is 4.74 Å². The Balaban J connectivity index is 1.82. The fraction of sp³-hybridized carbons (Fsp3) is 0.462. The van der Waals surface area contributed by atoms with Crippen molar-refractivity contribution in [1.82, 2.24) is 0 Å². The van der Waals surface area contributed by atoms with Gasteiger partial charge in [-0.05, 0) is 37.0 Å². The van der Waals surface area contributed by atoms with Crippen molar-refractivity contribution in [1.29, 1.82) is 0 Å². The number of halogens is 2. The highest BCUT2D eigenvalue weighted by Crippen LogP contribution is 2.29. The third kappa shape index (κ3) is 3.53. The van der Waals surface area contributed by atoms with E-state index in [1.54, 1.807) is 0 Å². The van der Waals surface area contributed by atoms with E-state index in [2.05, 4.69) is 15.9 Å². The Labute approximate surface area is 108 Å². The summed E-state index contributed by atoms with van der Waals surface area (Å²) in [7, 11) is 0. The van der Waals surface area contributed by atoms with E-state index in [1.807, 2.05) is 24.3 Å². The SMILES string of the molecule is O=C(OCc1ccc(Br)cc1)[C@H]1CC[C@@H](F)C1. The molecule has 1 aliphatic rings. The van der Waals surface area contributed by atoms with Gasteiger partial charge in [-0.1, -0.05) is 28.1 Å². The first-order chi connectivity index (χ1) is 8.15. The van der Waals surface area contributed by atoms with Crippen molar-refractivity contribution in [2.75, 3.05) is 0 Å². The maximum Gasteiger partial charge on any atom is 0.309 e. The van der Waals surface area contributed by atoms with Gasteiger partial charge >= 0.3 is 5.97 Å². The van der Waals surface area contributed by atoms with Crippen LogP contribution in [0.1, 0.15) is 24.8 Å². The van der Waals surface area contributed by atoms with Gasteiger partial charge in [-0.25, -0.2) is 4.39 Å². The molecule has 0 aromatic heterocycles. The maximum absolute atomic E-state index is 12.9. The minimum Gasteiger partial charge on any atom is -0.461 e. The predicted molar refractivity (Wildman–Crippen MR) is 66.2 cm³/mol. The summed E-state index contributed by atoms with van der Waals surface area (Å²) in [6.45, 7) is 0.263. The topological polar surface area (TPSA) is 26.3 Å². The van der Waals surface area contributed by atoms with Crippen molar-refractivity contribution in [2.45, 2.75) is 32.0 Å². The number of esters is 1. The summed E-state index contributed by atoms with van der Waals surface area (Å²) in [6.07, 6.45) is 0.581. The van der Waals surface area contributed by atoms with E-state index in [0.29, 0.717) is 19.3 Å². The first kappa shape index (κ1) is 12.6. The lowest BCUT2D eigenvalue weighted by Gasteiger charge is -2.09. The minimum absolute atomic E-state index is 0.250. The summed E-state index contributed by atoms with van der Waals surface area (Å²) >= 11 is 3.34. The predicted octanol–water partition coefficient (Wildman–Crippen LogP) is 3.63. The van der Waals surface area contributed by atoms with E-state index in [9.17, 15) is 9.18 Å². The molecular formula is C13H14BrFO2. The Hall–Kier alpha value is -0.900. The summed E-state index contributed by atoms with van der Waals surface area (Å²) < 4.78 is 19.1. The van der Waals surface area contributed by atoms with Crippen LogP contribution in [0.4, 0.5) is 4.39 Å². The highest BCUT2D eigenvalue weighted by molar-refractivity contribution is 9.10. The molecule has 0 aliphatic heterocycles. The van der Waals surface area contributed by atoms with Crippen molar-refractivity contribution < 1.29 is 13.9 Å². The molecule has 0 saturated heterocycles. The van der Waals surface area contributed by atoms with Crippen LogP contribution in [0.15, 0.2) is 28.7 Å². The van der Waals surface area contributed by atoms with Crippen LogP contribution in [0.3, 0.4) is 0 Å². The minimum atomic E-state index is -0.833. The van der Waals surface area contributed by atoms with E-state index in [4.69, 9.17) is 4.74 Å². The Kier molecular flexibility index (Phi) is 4.15. The lowest BCUT2D eigenvalue weighted by atomic mass is 10.1. The molecule has 2 nitrogen and oxygen atoms in total. The molecule has 17 heavy (non-hydrogen) atoms. The molecule has 92 valence electrons. The first-order valence-corrected chi connectivity index (χ1v) is 6.49. The molecule has 0 unspecified atom stereocenters. The Morgan fingerprint density at radius 3 is 2.65 bits per heavy atom. The molecule has 4 heteroatoms. The molecule has 1 aromatic carbocycles. The van der Waals surface area contributed by atoms with Gasteiger partial charge in [-0.3, -0.25) is 4.79 Å². The van der Waals surface area contributed by atoms with Gasteiger partial charge in [0, 0.05) is 4.47 Å². The molecule has 1 aliphatic carbocycles. The average molecular weight is 301 g/mol. The smallest absolute Gasteiger partial charge is 0.309 e. The van der Waals surface area contributed by atoms with Crippen molar-refractivity contribution in [3.8, 4) is 0 Å². The highest BCUT2D eigenvalue weighted by Gasteiger charge is 2.30. The zero-order chi connectivity index (χ0) is 12.3. The Morgan fingerprint density at radius 2 is 2.06 bits per heavy atom. The number of ether oxygens (including phenoxy) is 1. The number of hydrogen-bond donors (Lipinski definition) is 0. The largest absolute Gasteiger partial charge is 0.461 e. The molecule has 2 atom stereocenters. The molecular weight excluding hydrogens is 287 g/mol. The lowest BCUT2D eigenvalue weighted by molar-refractivity contribution is -0.149. The average Bonchev–Trinajstić information content (AvgIpc) is 2.75. The van der Waals surface area contributed by atoms with Crippen molar-refractivity contribution in [3.63, 3.8) is 0 Å². The van der Waals surface area contributed by atoms with E-state index in [-0.39, 0.29) is 18.5 Å². The van der Waals surface area contributed by atoms with Gasteiger partial charge in [-0.2, -0.15) is 0 Å². The molecule has 0 spiro atoms. The van der Waals surface area contributed by atoms with Crippen molar-refractivity contribution >= 4 is 21.9 Å². The van der Waals surface area contributed by atoms with Crippen molar-refractivity contribution in [2.24, 2.45) is 5.92 Å². The third-order valence-electron chi connectivity index (χ3n) is 3.00. The number of hydrogen-bond acceptors (Lipinski definition) is 2. The molecule has 1 saturated carbocycles. The molecule has 0 amide bonds. The monoisotopic (exact) mass is 300 g/mol. The third-order valence-corrected chi connectivity index (χ3v) is 3.52. The molecule has 1 aromatic rings. The molecule has 1 fully saturated rings. The van der Waals surface area contributed by atoms with E-state index in [1.165, 1.54) is 0 Å². The number of benzene rings is 1. The van der Waals surface area contributed by atoms with Crippen LogP contribution >= 0.6 is 15.9 Å². The van der Waals surface area contributed by atoms with Gasteiger partial charge in [0.15, 0.2) is 0 Å². The van der Waals surface area contributed by atoms with Crippen LogP contribution in [0, 0.1) is 5.92 Å². The molecule has 0 radical (unpaired) electrons. The summed E-state index contributed by atoms with van der Waals surface area (Å²) in [6, 6.07) is 7.58. The molecule has 0 N–H and O–H groups in total. The van der Waals surface area contributed by atoms with Crippen LogP contribution in [0.5, 0.6) is 0 Å². The van der Waals surface area contributed by atoms with Gasteiger partial charge in [-0.15, -0.1) is 0 Å². The molecule has 0 heterocycles. The second-order valence-corrected chi connectivity index (χ2v) is 5.26. The number of rotatable bonds is 3. The van der Waals surface area contributed by atoms with Crippen LogP contribution < -0.4 is 0 Å². The van der Waals surface area contributed by atoms with Gasteiger partial charge in [0.25, 0.3) is 0 Å².